The molecule has 0 aromatic heterocycles. The van der Waals surface area contributed by atoms with E-state index in [0.29, 0.717) is 0 Å². The third kappa shape index (κ3) is 13.3. The second kappa shape index (κ2) is 15.8. The van der Waals surface area contributed by atoms with Gasteiger partial charge in [0.1, 0.15) is 0 Å². The smallest absolute Gasteiger partial charge is 0.338 e. The van der Waals surface area contributed by atoms with E-state index in [9.17, 15) is 9.59 Å². The molecule has 0 N–H and O–H groups in total. The van der Waals surface area contributed by atoms with Crippen LogP contribution >= 0.6 is 0 Å². The van der Waals surface area contributed by atoms with Crippen LogP contribution < -0.4 is 0 Å². The van der Waals surface area contributed by atoms with Crippen LogP contribution in [0.3, 0.4) is 0 Å². The van der Waals surface area contributed by atoms with Gasteiger partial charge in [0, 0.05) is 12.2 Å². The third-order valence-corrected chi connectivity index (χ3v) is 2.79. The van der Waals surface area contributed by atoms with Crippen LogP contribution in [0.2, 0.25) is 0 Å². The number of allylic oxidation sites excluding steroid dienone is 2. The van der Waals surface area contributed by atoms with Crippen molar-refractivity contribution in [2.75, 3.05) is 0 Å². The largest absolute Gasteiger partial charge is 0.387 e. The zero-order valence-electron chi connectivity index (χ0n) is 15.3. The zero-order valence-corrected chi connectivity index (χ0v) is 15.3. The standard InChI is InChI=1S/2C8H8.C4H2O3.C4H6/c2*1-2-8-6-4-3-5-7-8;5-3-1-2-4(6)7-3;1-3-4-2/h2*2-7H,1H2;1-2H;3-4H,1-2H2. The molecule has 0 radical (unpaired) electrons. The summed E-state index contributed by atoms with van der Waals surface area (Å²) < 4.78 is 3.97. The van der Waals surface area contributed by atoms with E-state index in [0.717, 1.165) is 12.2 Å². The van der Waals surface area contributed by atoms with E-state index >= 15 is 0 Å². The van der Waals surface area contributed by atoms with Crippen molar-refractivity contribution >= 4 is 24.1 Å². The van der Waals surface area contributed by atoms with Crippen molar-refractivity contribution in [2.24, 2.45) is 0 Å². The molecule has 3 rings (SSSR count). The van der Waals surface area contributed by atoms with Gasteiger partial charge in [-0.1, -0.05) is 111 Å². The van der Waals surface area contributed by atoms with Gasteiger partial charge in [0.05, 0.1) is 0 Å². The Morgan fingerprint density at radius 3 is 1.07 bits per heavy atom. The van der Waals surface area contributed by atoms with Gasteiger partial charge in [-0.05, 0) is 11.1 Å². The Bertz CT molecular complexity index is 691. The van der Waals surface area contributed by atoms with Crippen molar-refractivity contribution in [2.45, 2.75) is 0 Å². The highest BCUT2D eigenvalue weighted by molar-refractivity contribution is 6.04. The third-order valence-electron chi connectivity index (χ3n) is 2.79. The number of carbonyl (C=O) groups excluding carboxylic acids is 2. The highest BCUT2D eigenvalue weighted by atomic mass is 16.6. The van der Waals surface area contributed by atoms with Gasteiger partial charge in [-0.2, -0.15) is 0 Å². The first-order chi connectivity index (χ1) is 13.1. The van der Waals surface area contributed by atoms with Gasteiger partial charge < -0.3 is 4.74 Å². The van der Waals surface area contributed by atoms with Crippen molar-refractivity contribution in [3.05, 3.63) is 122 Å². The number of rotatable bonds is 3. The molecule has 0 aliphatic carbocycles. The van der Waals surface area contributed by atoms with E-state index < -0.39 is 11.9 Å². The minimum Gasteiger partial charge on any atom is -0.387 e. The molecule has 27 heavy (non-hydrogen) atoms. The normalized spacial score (nSPS) is 10.4. The first-order valence-corrected chi connectivity index (χ1v) is 8.09. The van der Waals surface area contributed by atoms with Crippen LogP contribution in [0, 0.1) is 0 Å². The monoisotopic (exact) mass is 360 g/mol. The Balaban J connectivity index is 0.000000344. The fourth-order valence-corrected chi connectivity index (χ4v) is 1.48. The van der Waals surface area contributed by atoms with Gasteiger partial charge in [-0.15, -0.1) is 0 Å². The second-order valence-electron chi connectivity index (χ2n) is 4.77. The number of esters is 2. The van der Waals surface area contributed by atoms with Gasteiger partial charge >= 0.3 is 11.9 Å². The van der Waals surface area contributed by atoms with Crippen LogP contribution in [0.15, 0.2) is 111 Å². The summed E-state index contributed by atoms with van der Waals surface area (Å²) in [6, 6.07) is 20.1. The molecule has 1 heterocycles. The molecule has 3 nitrogen and oxygen atoms in total. The molecule has 1 aliphatic heterocycles. The van der Waals surface area contributed by atoms with Crippen LogP contribution in [0.5, 0.6) is 0 Å². The predicted molar refractivity (Wildman–Crippen MR) is 114 cm³/mol. The number of benzene rings is 2. The lowest BCUT2D eigenvalue weighted by Crippen LogP contribution is -1.96. The summed E-state index contributed by atoms with van der Waals surface area (Å²) in [7, 11) is 0. The SMILES string of the molecule is C=CC=C.C=Cc1ccccc1.C=Cc1ccccc1.O=C1C=CC(=O)O1. The summed E-state index contributed by atoms with van der Waals surface area (Å²) in [5.74, 6) is -1.16. The molecule has 2 aromatic carbocycles. The molecule has 3 heteroatoms. The first kappa shape index (κ1) is 23.3. The number of carbonyl (C=O) groups is 2. The molecule has 0 spiro atoms. The van der Waals surface area contributed by atoms with Gasteiger partial charge in [-0.25, -0.2) is 9.59 Å². The molecule has 2 aromatic rings. The minimum absolute atomic E-state index is 0.579. The number of hydrogen-bond acceptors (Lipinski definition) is 3. The Morgan fingerprint density at radius 2 is 0.926 bits per heavy atom. The molecule has 0 fully saturated rings. The summed E-state index contributed by atoms with van der Waals surface area (Å²) in [4.78, 5) is 19.8. The highest BCUT2D eigenvalue weighted by Crippen LogP contribution is 1.98. The minimum atomic E-state index is -0.579. The topological polar surface area (TPSA) is 43.4 Å². The van der Waals surface area contributed by atoms with E-state index in [2.05, 4.69) is 31.1 Å². The number of cyclic esters (lactones) is 2. The fraction of sp³-hybridized carbons (Fsp3) is 0. The predicted octanol–water partition coefficient (Wildman–Crippen LogP) is 5.64. The molecular formula is C24H24O3. The summed E-state index contributed by atoms with van der Waals surface area (Å²) >= 11 is 0. The highest BCUT2D eigenvalue weighted by Gasteiger charge is 2.10. The van der Waals surface area contributed by atoms with Crippen molar-refractivity contribution in [1.82, 2.24) is 0 Å². The molecule has 1 aliphatic rings. The molecule has 138 valence electrons. The molecule has 0 unspecified atom stereocenters. The second-order valence-corrected chi connectivity index (χ2v) is 4.77. The molecule has 0 bridgehead atoms. The van der Waals surface area contributed by atoms with Crippen LogP contribution in [0.4, 0.5) is 0 Å². The lowest BCUT2D eigenvalue weighted by molar-refractivity contribution is -0.150. The molecule has 0 atom stereocenters. The maximum absolute atomic E-state index is 9.92. The molecular weight excluding hydrogens is 336 g/mol. The lowest BCUT2D eigenvalue weighted by Gasteiger charge is -1.85. The Morgan fingerprint density at radius 1 is 0.593 bits per heavy atom. The van der Waals surface area contributed by atoms with E-state index in [4.69, 9.17) is 0 Å². The van der Waals surface area contributed by atoms with Crippen molar-refractivity contribution in [1.29, 1.82) is 0 Å². The summed E-state index contributed by atoms with van der Waals surface area (Å²) in [6.07, 6.45) is 9.12. The average Bonchev–Trinajstić information content (AvgIpc) is 3.13. The Labute approximate surface area is 161 Å². The van der Waals surface area contributed by atoms with E-state index in [1.807, 2.05) is 72.8 Å². The lowest BCUT2D eigenvalue weighted by atomic mass is 10.2. The first-order valence-electron chi connectivity index (χ1n) is 8.09. The summed E-state index contributed by atoms with van der Waals surface area (Å²) in [6.45, 7) is 14.0. The quantitative estimate of drug-likeness (QED) is 0.404. The van der Waals surface area contributed by atoms with E-state index in [1.54, 1.807) is 12.2 Å². The number of hydrogen-bond donors (Lipinski definition) is 0. The summed E-state index contributed by atoms with van der Waals surface area (Å²) in [5.41, 5.74) is 2.35. The maximum Gasteiger partial charge on any atom is 0.338 e. The van der Waals surface area contributed by atoms with Crippen LogP contribution in [0.1, 0.15) is 11.1 Å². The zero-order chi connectivity index (χ0) is 20.3. The van der Waals surface area contributed by atoms with Crippen LogP contribution in [0.25, 0.3) is 12.2 Å². The van der Waals surface area contributed by atoms with E-state index in [-0.39, 0.29) is 0 Å². The summed E-state index contributed by atoms with van der Waals surface area (Å²) in [5, 5.41) is 0. The van der Waals surface area contributed by atoms with Crippen molar-refractivity contribution < 1.29 is 14.3 Å². The molecule has 0 saturated carbocycles. The molecule has 0 amide bonds. The van der Waals surface area contributed by atoms with Crippen molar-refractivity contribution in [3.8, 4) is 0 Å². The Kier molecular flexibility index (Phi) is 13.6. The van der Waals surface area contributed by atoms with Crippen LogP contribution in [-0.2, 0) is 14.3 Å². The fourth-order valence-electron chi connectivity index (χ4n) is 1.48. The van der Waals surface area contributed by atoms with Gasteiger partial charge in [-0.3, -0.25) is 0 Å². The number of ether oxygens (including phenoxy) is 1. The van der Waals surface area contributed by atoms with Crippen molar-refractivity contribution in [3.63, 3.8) is 0 Å². The molecule has 0 saturated heterocycles. The van der Waals surface area contributed by atoms with Gasteiger partial charge in [0.15, 0.2) is 0 Å². The van der Waals surface area contributed by atoms with E-state index in [1.165, 1.54) is 11.1 Å². The maximum atomic E-state index is 9.92. The van der Waals surface area contributed by atoms with Crippen LogP contribution in [-0.4, -0.2) is 11.9 Å². The van der Waals surface area contributed by atoms with Gasteiger partial charge in [0.2, 0.25) is 0 Å². The Hall–Kier alpha value is -3.72. The van der Waals surface area contributed by atoms with Gasteiger partial charge in [0.25, 0.3) is 0 Å². The average molecular weight is 360 g/mol.